The number of amides is 2. The fraction of sp³-hybridized carbons (Fsp3) is 0.667. The quantitative estimate of drug-likeness (QED) is 0.675. The minimum atomic E-state index is -0.00284. The van der Waals surface area contributed by atoms with Crippen LogP contribution in [0, 0.1) is 17.8 Å². The minimum Gasteiger partial charge on any atom is -0.497 e. The van der Waals surface area contributed by atoms with E-state index in [1.54, 1.807) is 12.7 Å². The Balaban J connectivity index is 1.35. The Morgan fingerprint density at radius 3 is 2.69 bits per heavy atom. The SMILES string of the molecule is COc1ccc(C(NC(=O)N2CCCC3=C[C@H]4C[C@@H](CN5CCCCC45)C32)C(C)C)cc1. The molecule has 3 saturated heterocycles. The van der Waals surface area contributed by atoms with Crippen LogP contribution in [-0.4, -0.2) is 54.7 Å². The lowest BCUT2D eigenvalue weighted by molar-refractivity contribution is 0.00753. The number of rotatable bonds is 4. The predicted octanol–water partition coefficient (Wildman–Crippen LogP) is 5.00. The first-order valence-corrected chi connectivity index (χ1v) is 12.7. The Bertz CT molecular complexity index is 849. The van der Waals surface area contributed by atoms with Crippen LogP contribution >= 0.6 is 0 Å². The second-order valence-electron chi connectivity index (χ2n) is 10.6. The van der Waals surface area contributed by atoms with E-state index < -0.39 is 0 Å². The van der Waals surface area contributed by atoms with Crippen LogP contribution in [0.1, 0.15) is 64.0 Å². The van der Waals surface area contributed by atoms with Crippen molar-refractivity contribution >= 4 is 6.03 Å². The topological polar surface area (TPSA) is 44.8 Å². The molecule has 0 aromatic heterocycles. The van der Waals surface area contributed by atoms with Gasteiger partial charge >= 0.3 is 6.03 Å². The van der Waals surface area contributed by atoms with Crippen molar-refractivity contribution in [2.45, 2.75) is 70.5 Å². The van der Waals surface area contributed by atoms with E-state index in [2.05, 4.69) is 47.2 Å². The number of benzene rings is 1. The molecule has 1 aromatic carbocycles. The van der Waals surface area contributed by atoms with Gasteiger partial charge in [-0.1, -0.05) is 44.1 Å². The van der Waals surface area contributed by atoms with Crippen molar-refractivity contribution in [1.82, 2.24) is 15.1 Å². The van der Waals surface area contributed by atoms with Gasteiger partial charge in [-0.2, -0.15) is 0 Å². The number of fused-ring (bicyclic) bond motifs is 6. The molecule has 0 saturated carbocycles. The summed E-state index contributed by atoms with van der Waals surface area (Å²) >= 11 is 0. The fourth-order valence-electron chi connectivity index (χ4n) is 6.86. The first-order valence-electron chi connectivity index (χ1n) is 12.7. The first kappa shape index (κ1) is 21.8. The summed E-state index contributed by atoms with van der Waals surface area (Å²) in [6.45, 7) is 7.64. The largest absolute Gasteiger partial charge is 0.497 e. The number of carbonyl (C=O) groups excluding carboxylic acids is 1. The van der Waals surface area contributed by atoms with Crippen LogP contribution in [0.25, 0.3) is 0 Å². The third kappa shape index (κ3) is 4.05. The number of urea groups is 1. The molecule has 0 radical (unpaired) electrons. The Morgan fingerprint density at radius 1 is 1.12 bits per heavy atom. The van der Waals surface area contributed by atoms with Gasteiger partial charge in [0, 0.05) is 19.1 Å². The molecule has 2 amide bonds. The summed E-state index contributed by atoms with van der Waals surface area (Å²) in [6, 6.07) is 9.26. The average molecular weight is 438 g/mol. The Kier molecular flexibility index (Phi) is 6.20. The van der Waals surface area contributed by atoms with Gasteiger partial charge in [0.1, 0.15) is 5.75 Å². The molecule has 5 atom stereocenters. The summed E-state index contributed by atoms with van der Waals surface area (Å²) in [5.41, 5.74) is 2.68. The average Bonchev–Trinajstić information content (AvgIpc) is 2.82. The van der Waals surface area contributed by atoms with E-state index in [0.717, 1.165) is 30.3 Å². The lowest BCUT2D eigenvalue weighted by atomic mass is 9.68. The van der Waals surface area contributed by atoms with E-state index in [9.17, 15) is 4.79 Å². The van der Waals surface area contributed by atoms with Gasteiger partial charge in [-0.05, 0) is 74.1 Å². The van der Waals surface area contributed by atoms with Gasteiger partial charge in [0.15, 0.2) is 0 Å². The van der Waals surface area contributed by atoms with Gasteiger partial charge in [0.05, 0.1) is 19.2 Å². The molecule has 1 N–H and O–H groups in total. The van der Waals surface area contributed by atoms with E-state index in [0.29, 0.717) is 17.8 Å². The summed E-state index contributed by atoms with van der Waals surface area (Å²) in [7, 11) is 1.68. The van der Waals surface area contributed by atoms with Gasteiger partial charge in [-0.15, -0.1) is 0 Å². The van der Waals surface area contributed by atoms with Crippen molar-refractivity contribution in [2.75, 3.05) is 26.7 Å². The lowest BCUT2D eigenvalue weighted by Crippen LogP contribution is -2.61. The van der Waals surface area contributed by atoms with E-state index in [1.165, 1.54) is 45.2 Å². The lowest BCUT2D eigenvalue weighted by Gasteiger charge is -2.54. The van der Waals surface area contributed by atoms with Crippen LogP contribution in [0.3, 0.4) is 0 Å². The highest BCUT2D eigenvalue weighted by Crippen LogP contribution is 2.45. The number of hydrogen-bond acceptors (Lipinski definition) is 3. The second-order valence-corrected chi connectivity index (χ2v) is 10.6. The number of nitrogens with one attached hydrogen (secondary N) is 1. The maximum Gasteiger partial charge on any atom is 0.318 e. The zero-order valence-corrected chi connectivity index (χ0v) is 19.9. The molecule has 2 bridgehead atoms. The molecule has 3 heterocycles. The molecular weight excluding hydrogens is 398 g/mol. The Hall–Kier alpha value is -2.01. The number of ether oxygens (including phenoxy) is 1. The number of piperidine rings is 3. The van der Waals surface area contributed by atoms with Crippen molar-refractivity contribution in [3.05, 3.63) is 41.5 Å². The van der Waals surface area contributed by atoms with Crippen molar-refractivity contribution in [2.24, 2.45) is 17.8 Å². The summed E-state index contributed by atoms with van der Waals surface area (Å²) in [6.07, 6.45) is 10.2. The third-order valence-corrected chi connectivity index (χ3v) is 8.34. The zero-order chi connectivity index (χ0) is 22.2. The van der Waals surface area contributed by atoms with Gasteiger partial charge in [0.25, 0.3) is 0 Å². The zero-order valence-electron chi connectivity index (χ0n) is 19.9. The van der Waals surface area contributed by atoms with Crippen LogP contribution in [0.15, 0.2) is 35.9 Å². The van der Waals surface area contributed by atoms with Gasteiger partial charge in [0.2, 0.25) is 0 Å². The van der Waals surface area contributed by atoms with E-state index in [-0.39, 0.29) is 18.1 Å². The molecule has 3 unspecified atom stereocenters. The maximum absolute atomic E-state index is 13.7. The highest BCUT2D eigenvalue weighted by Gasteiger charge is 2.47. The van der Waals surface area contributed by atoms with Crippen molar-refractivity contribution < 1.29 is 9.53 Å². The van der Waals surface area contributed by atoms with E-state index in [4.69, 9.17) is 4.74 Å². The molecule has 5 nitrogen and oxygen atoms in total. The number of nitrogens with zero attached hydrogens (tertiary/aromatic N) is 2. The molecule has 174 valence electrons. The first-order chi connectivity index (χ1) is 15.5. The smallest absolute Gasteiger partial charge is 0.318 e. The highest BCUT2D eigenvalue weighted by molar-refractivity contribution is 5.76. The number of carbonyl (C=O) groups is 1. The normalized spacial score (nSPS) is 30.8. The monoisotopic (exact) mass is 437 g/mol. The predicted molar refractivity (Wildman–Crippen MR) is 128 cm³/mol. The van der Waals surface area contributed by atoms with Crippen LogP contribution in [0.5, 0.6) is 5.75 Å². The molecule has 3 fully saturated rings. The number of likely N-dealkylation sites (tertiary alicyclic amines) is 1. The Labute approximate surface area is 193 Å². The van der Waals surface area contributed by atoms with Gasteiger partial charge in [-0.25, -0.2) is 4.79 Å². The van der Waals surface area contributed by atoms with Crippen LogP contribution in [0.4, 0.5) is 4.79 Å². The highest BCUT2D eigenvalue weighted by atomic mass is 16.5. The van der Waals surface area contributed by atoms with Gasteiger partial charge < -0.3 is 15.0 Å². The molecule has 0 spiro atoms. The molecule has 5 heteroatoms. The maximum atomic E-state index is 13.7. The standard InChI is InChI=1S/C27H39N3O2/c1-18(2)25(19-9-11-23(32-3)12-10-19)28-27(31)30-14-6-7-20-15-21-16-22(26(20)30)17-29-13-5-4-8-24(21)29/h9-12,15,18,21-22,24-26H,4-8,13-14,16-17H2,1-3H3,(H,28,31)/t21-,22-,24?,25?,26?/m0/s1. The molecule has 5 rings (SSSR count). The van der Waals surface area contributed by atoms with Crippen LogP contribution in [-0.2, 0) is 0 Å². The molecule has 3 aliphatic heterocycles. The molecule has 4 aliphatic rings. The number of methoxy groups -OCH3 is 1. The molecule has 1 aromatic rings. The summed E-state index contributed by atoms with van der Waals surface area (Å²) in [4.78, 5) is 18.6. The summed E-state index contributed by atoms with van der Waals surface area (Å²) < 4.78 is 5.32. The third-order valence-electron chi connectivity index (χ3n) is 8.34. The summed E-state index contributed by atoms with van der Waals surface area (Å²) in [5.74, 6) is 2.44. The van der Waals surface area contributed by atoms with Crippen LogP contribution < -0.4 is 10.1 Å². The Morgan fingerprint density at radius 2 is 1.94 bits per heavy atom. The number of hydrogen-bond donors (Lipinski definition) is 1. The fourth-order valence-corrected chi connectivity index (χ4v) is 6.86. The minimum absolute atomic E-state index is 0.00284. The summed E-state index contributed by atoms with van der Waals surface area (Å²) in [5, 5.41) is 3.41. The van der Waals surface area contributed by atoms with Crippen LogP contribution in [0.2, 0.25) is 0 Å². The van der Waals surface area contributed by atoms with Crippen molar-refractivity contribution in [3.8, 4) is 5.75 Å². The van der Waals surface area contributed by atoms with Crippen molar-refractivity contribution in [1.29, 1.82) is 0 Å². The van der Waals surface area contributed by atoms with E-state index >= 15 is 0 Å². The molecule has 32 heavy (non-hydrogen) atoms. The second kappa shape index (κ2) is 9.09. The van der Waals surface area contributed by atoms with Crippen molar-refractivity contribution in [3.63, 3.8) is 0 Å². The molecular formula is C27H39N3O2. The molecule has 1 aliphatic carbocycles. The van der Waals surface area contributed by atoms with E-state index in [1.807, 2.05) is 12.1 Å². The van der Waals surface area contributed by atoms with Gasteiger partial charge in [-0.3, -0.25) is 4.90 Å².